The van der Waals surface area contributed by atoms with Gasteiger partial charge in [0.2, 0.25) is 0 Å². The summed E-state index contributed by atoms with van der Waals surface area (Å²) in [5.74, 6) is 0. The Kier molecular flexibility index (Phi) is 2.83. The normalized spacial score (nSPS) is 25.0. The lowest BCUT2D eigenvalue weighted by molar-refractivity contribution is -0.272. The molecule has 1 fully saturated rings. The van der Waals surface area contributed by atoms with Crippen molar-refractivity contribution >= 4 is 10.1 Å². The van der Waals surface area contributed by atoms with Crippen LogP contribution in [0.4, 0.5) is 13.2 Å². The molecule has 1 saturated heterocycles. The molecule has 0 saturated carbocycles. The Morgan fingerprint density at radius 1 is 1.38 bits per heavy atom. The molecule has 1 heterocycles. The van der Waals surface area contributed by atoms with E-state index in [2.05, 4.69) is 9.50 Å². The van der Waals surface area contributed by atoms with E-state index in [0.717, 1.165) is 0 Å². The average molecular weight is 219 g/mol. The van der Waals surface area contributed by atoms with Gasteiger partial charge in [0.05, 0.1) is 0 Å². The van der Waals surface area contributed by atoms with E-state index in [1.807, 2.05) is 0 Å². The van der Waals surface area contributed by atoms with Gasteiger partial charge in [0.1, 0.15) is 5.37 Å². The van der Waals surface area contributed by atoms with E-state index >= 15 is 0 Å². The molecule has 8 heteroatoms. The fourth-order valence-corrected chi connectivity index (χ4v) is 2.25. The van der Waals surface area contributed by atoms with E-state index in [1.165, 1.54) is 0 Å². The van der Waals surface area contributed by atoms with Gasteiger partial charge in [-0.15, -0.1) is 13.2 Å². The van der Waals surface area contributed by atoms with Crippen LogP contribution in [-0.2, 0) is 14.3 Å². The van der Waals surface area contributed by atoms with Gasteiger partial charge in [-0.3, -0.25) is 5.32 Å². The molecule has 0 aromatic carbocycles. The molecule has 0 radical (unpaired) electrons. The molecule has 1 unspecified atom stereocenters. The molecule has 1 aliphatic rings. The molecule has 0 bridgehead atoms. The first-order valence-corrected chi connectivity index (χ1v) is 5.03. The van der Waals surface area contributed by atoms with Crippen LogP contribution in [0.3, 0.4) is 0 Å². The predicted octanol–water partition coefficient (Wildman–Crippen LogP) is 0.562. The van der Waals surface area contributed by atoms with Gasteiger partial charge in [-0.2, -0.15) is 12.6 Å². The summed E-state index contributed by atoms with van der Waals surface area (Å²) in [6, 6.07) is 0. The molecule has 78 valence electrons. The van der Waals surface area contributed by atoms with E-state index in [9.17, 15) is 21.6 Å². The molecule has 0 aromatic rings. The van der Waals surface area contributed by atoms with Gasteiger partial charge in [-0.1, -0.05) is 0 Å². The first-order valence-electron chi connectivity index (χ1n) is 3.56. The van der Waals surface area contributed by atoms with Crippen LogP contribution < -0.4 is 5.32 Å². The third-order valence-electron chi connectivity index (χ3n) is 1.57. The Hall–Kier alpha value is -0.340. The monoisotopic (exact) mass is 219 g/mol. The highest BCUT2D eigenvalue weighted by atomic mass is 32.2. The van der Waals surface area contributed by atoms with Gasteiger partial charge in [-0.25, -0.2) is 0 Å². The molecule has 1 atom stereocenters. The second-order valence-electron chi connectivity index (χ2n) is 2.61. The average Bonchev–Trinajstić information content (AvgIpc) is 2.29. The van der Waals surface area contributed by atoms with Crippen molar-refractivity contribution in [2.75, 3.05) is 6.54 Å². The maximum atomic E-state index is 11.6. The summed E-state index contributed by atoms with van der Waals surface area (Å²) in [5.41, 5.74) is 0. The SMILES string of the molecule is O=S(=O)(OC(F)(F)F)C1CCCN1. The van der Waals surface area contributed by atoms with Crippen LogP contribution >= 0.6 is 0 Å². The number of hydrogen-bond donors (Lipinski definition) is 1. The Balaban J connectivity index is 2.66. The smallest absolute Gasteiger partial charge is 0.299 e. The van der Waals surface area contributed by atoms with Crippen LogP contribution in [0.25, 0.3) is 0 Å². The standard InChI is InChI=1S/C5H8F3NO3S/c6-5(7,8)12-13(10,11)4-2-1-3-9-4/h4,9H,1-3H2. The Morgan fingerprint density at radius 3 is 2.38 bits per heavy atom. The second-order valence-corrected chi connectivity index (χ2v) is 4.33. The summed E-state index contributed by atoms with van der Waals surface area (Å²) in [4.78, 5) is 0. The molecular weight excluding hydrogens is 211 g/mol. The Morgan fingerprint density at radius 2 is 2.00 bits per heavy atom. The van der Waals surface area contributed by atoms with Gasteiger partial charge in [0.15, 0.2) is 0 Å². The maximum absolute atomic E-state index is 11.6. The minimum Gasteiger partial charge on any atom is -0.299 e. The van der Waals surface area contributed by atoms with Crippen molar-refractivity contribution in [1.82, 2.24) is 5.32 Å². The van der Waals surface area contributed by atoms with E-state index < -0.39 is 21.9 Å². The minimum absolute atomic E-state index is 0.151. The van der Waals surface area contributed by atoms with E-state index in [0.29, 0.717) is 13.0 Å². The van der Waals surface area contributed by atoms with Gasteiger partial charge < -0.3 is 0 Å². The third kappa shape index (κ3) is 3.12. The fraction of sp³-hybridized carbons (Fsp3) is 1.00. The number of rotatable bonds is 2. The molecule has 1 aliphatic heterocycles. The zero-order valence-electron chi connectivity index (χ0n) is 6.47. The maximum Gasteiger partial charge on any atom is 0.537 e. The molecule has 1 N–H and O–H groups in total. The number of nitrogens with one attached hydrogen (secondary N) is 1. The molecule has 1 rings (SSSR count). The topological polar surface area (TPSA) is 55.4 Å². The second kappa shape index (κ2) is 3.43. The Bertz CT molecular complexity index is 267. The zero-order valence-corrected chi connectivity index (χ0v) is 7.28. The summed E-state index contributed by atoms with van der Waals surface area (Å²) in [7, 11) is -4.55. The summed E-state index contributed by atoms with van der Waals surface area (Å²) >= 11 is 0. The zero-order chi connectivity index (χ0) is 10.1. The van der Waals surface area contributed by atoms with Crippen LogP contribution in [0.5, 0.6) is 0 Å². The first-order chi connectivity index (χ1) is 5.81. The highest BCUT2D eigenvalue weighted by Crippen LogP contribution is 2.24. The summed E-state index contributed by atoms with van der Waals surface area (Å²) in [5, 5.41) is 1.18. The van der Waals surface area contributed by atoms with Crippen LogP contribution in [0.15, 0.2) is 0 Å². The van der Waals surface area contributed by atoms with Gasteiger partial charge in [0, 0.05) is 0 Å². The van der Waals surface area contributed by atoms with Crippen LogP contribution in [-0.4, -0.2) is 26.7 Å². The van der Waals surface area contributed by atoms with Crippen molar-refractivity contribution in [1.29, 1.82) is 0 Å². The van der Waals surface area contributed by atoms with Crippen molar-refractivity contribution < 1.29 is 25.8 Å². The fourth-order valence-electron chi connectivity index (χ4n) is 1.09. The largest absolute Gasteiger partial charge is 0.537 e. The summed E-state index contributed by atoms with van der Waals surface area (Å²) in [6.45, 7) is 0.394. The molecule has 4 nitrogen and oxygen atoms in total. The van der Waals surface area contributed by atoms with E-state index in [4.69, 9.17) is 0 Å². The lowest BCUT2D eigenvalue weighted by atomic mass is 10.4. The van der Waals surface area contributed by atoms with E-state index in [-0.39, 0.29) is 6.42 Å². The predicted molar refractivity (Wildman–Crippen MR) is 37.1 cm³/mol. The lowest BCUT2D eigenvalue weighted by Gasteiger charge is -2.12. The van der Waals surface area contributed by atoms with Crippen molar-refractivity contribution in [3.05, 3.63) is 0 Å². The van der Waals surface area contributed by atoms with E-state index in [1.54, 1.807) is 0 Å². The van der Waals surface area contributed by atoms with Crippen molar-refractivity contribution in [3.8, 4) is 0 Å². The lowest BCUT2D eigenvalue weighted by Crippen LogP contribution is -2.35. The number of alkyl halides is 3. The van der Waals surface area contributed by atoms with Crippen molar-refractivity contribution in [2.24, 2.45) is 0 Å². The number of halogens is 3. The van der Waals surface area contributed by atoms with Crippen molar-refractivity contribution in [3.63, 3.8) is 0 Å². The molecule has 0 amide bonds. The molecule has 0 spiro atoms. The molecule has 0 aliphatic carbocycles. The quantitative estimate of drug-likeness (QED) is 0.689. The summed E-state index contributed by atoms with van der Waals surface area (Å²) in [6.07, 6.45) is -4.45. The van der Waals surface area contributed by atoms with Gasteiger partial charge in [-0.05, 0) is 19.4 Å². The summed E-state index contributed by atoms with van der Waals surface area (Å²) < 4.78 is 59.4. The van der Waals surface area contributed by atoms with Crippen molar-refractivity contribution in [2.45, 2.75) is 24.6 Å². The van der Waals surface area contributed by atoms with Gasteiger partial charge in [0.25, 0.3) is 10.1 Å². The Labute approximate surface area is 73.2 Å². The first kappa shape index (κ1) is 10.7. The highest BCUT2D eigenvalue weighted by Gasteiger charge is 2.41. The molecule has 13 heavy (non-hydrogen) atoms. The van der Waals surface area contributed by atoms with Crippen LogP contribution in [0.1, 0.15) is 12.8 Å². The highest BCUT2D eigenvalue weighted by molar-refractivity contribution is 7.87. The molecule has 0 aromatic heterocycles. The van der Waals surface area contributed by atoms with Crippen LogP contribution in [0.2, 0.25) is 0 Å². The van der Waals surface area contributed by atoms with Gasteiger partial charge >= 0.3 is 6.36 Å². The third-order valence-corrected chi connectivity index (χ3v) is 3.09. The van der Waals surface area contributed by atoms with Crippen LogP contribution in [0, 0.1) is 0 Å². The minimum atomic E-state index is -5.14. The molecular formula is C5H8F3NO3S. The number of hydrogen-bond acceptors (Lipinski definition) is 4.